The first-order chi connectivity index (χ1) is 14.2. The molecule has 3 amide bonds. The second-order valence-electron chi connectivity index (χ2n) is 7.89. The Labute approximate surface area is 180 Å². The standard InChI is InChI=1S/C20H26ClN5O4/c1-11-9-15(21)14(10-23-11)16-20(30-19(29)26-25-16)6-4-13(5-7-20)8-12(2)24-18(28)17(27)22-3/h9-10,12-13H,4-8H2,1-3H3,(H,22,27)(H,24,28)(H,26,29)/t12-,13?,20?/m0/s1. The number of rotatable bonds is 4. The molecule has 1 aliphatic carbocycles. The van der Waals surface area contributed by atoms with Crippen molar-refractivity contribution >= 4 is 35.2 Å². The van der Waals surface area contributed by atoms with Gasteiger partial charge in [0, 0.05) is 30.5 Å². The van der Waals surface area contributed by atoms with E-state index in [9.17, 15) is 14.4 Å². The molecule has 0 unspecified atom stereocenters. The van der Waals surface area contributed by atoms with Gasteiger partial charge in [0.15, 0.2) is 5.60 Å². The molecule has 3 rings (SSSR count). The van der Waals surface area contributed by atoms with Gasteiger partial charge >= 0.3 is 17.9 Å². The first kappa shape index (κ1) is 22.0. The number of aromatic nitrogens is 1. The van der Waals surface area contributed by atoms with E-state index in [1.165, 1.54) is 7.05 Å². The summed E-state index contributed by atoms with van der Waals surface area (Å²) in [5, 5.41) is 9.79. The molecule has 9 nitrogen and oxygen atoms in total. The van der Waals surface area contributed by atoms with Gasteiger partial charge in [0.25, 0.3) is 0 Å². The van der Waals surface area contributed by atoms with Crippen molar-refractivity contribution in [3.8, 4) is 0 Å². The Hall–Kier alpha value is -2.68. The summed E-state index contributed by atoms with van der Waals surface area (Å²) in [6.07, 6.45) is 4.53. The first-order valence-corrected chi connectivity index (χ1v) is 10.3. The number of carbonyl (C=O) groups is 3. The molecule has 1 spiro atoms. The number of hydrogen-bond acceptors (Lipinski definition) is 6. The molecule has 0 saturated heterocycles. The Morgan fingerprint density at radius 3 is 2.70 bits per heavy atom. The van der Waals surface area contributed by atoms with Crippen molar-refractivity contribution in [2.45, 2.75) is 57.6 Å². The Kier molecular flexibility index (Phi) is 6.60. The van der Waals surface area contributed by atoms with Crippen LogP contribution in [0.1, 0.15) is 50.3 Å². The molecular weight excluding hydrogens is 410 g/mol. The molecule has 2 heterocycles. The summed E-state index contributed by atoms with van der Waals surface area (Å²) < 4.78 is 5.74. The van der Waals surface area contributed by atoms with Gasteiger partial charge in [-0.25, -0.2) is 10.2 Å². The van der Waals surface area contributed by atoms with E-state index in [0.717, 1.165) is 25.0 Å². The molecule has 1 fully saturated rings. The van der Waals surface area contributed by atoms with Gasteiger partial charge in [-0.15, -0.1) is 0 Å². The smallest absolute Gasteiger partial charge is 0.428 e. The third-order valence-corrected chi connectivity index (χ3v) is 5.95. The number of hydrogen-bond donors (Lipinski definition) is 3. The van der Waals surface area contributed by atoms with Crippen molar-refractivity contribution in [2.75, 3.05) is 7.05 Å². The highest BCUT2D eigenvalue weighted by molar-refractivity contribution is 6.35. The molecule has 0 radical (unpaired) electrons. The van der Waals surface area contributed by atoms with Crippen molar-refractivity contribution in [1.29, 1.82) is 0 Å². The highest BCUT2D eigenvalue weighted by atomic mass is 35.5. The van der Waals surface area contributed by atoms with E-state index in [2.05, 4.69) is 26.1 Å². The van der Waals surface area contributed by atoms with Crippen molar-refractivity contribution in [3.63, 3.8) is 0 Å². The van der Waals surface area contributed by atoms with E-state index in [-0.39, 0.29) is 6.04 Å². The zero-order chi connectivity index (χ0) is 21.9. The maximum Gasteiger partial charge on any atom is 0.428 e. The van der Waals surface area contributed by atoms with E-state index < -0.39 is 23.5 Å². The van der Waals surface area contributed by atoms with Gasteiger partial charge in [0.05, 0.1) is 5.02 Å². The Morgan fingerprint density at radius 2 is 2.07 bits per heavy atom. The lowest BCUT2D eigenvalue weighted by atomic mass is 9.73. The van der Waals surface area contributed by atoms with Crippen LogP contribution in [-0.2, 0) is 14.3 Å². The fraction of sp³-hybridized carbons (Fsp3) is 0.550. The number of halogens is 1. The highest BCUT2D eigenvalue weighted by Gasteiger charge is 2.47. The van der Waals surface area contributed by atoms with Crippen LogP contribution in [0.25, 0.3) is 0 Å². The summed E-state index contributed by atoms with van der Waals surface area (Å²) in [6.45, 7) is 3.72. The second-order valence-corrected chi connectivity index (χ2v) is 8.30. The first-order valence-electron chi connectivity index (χ1n) is 9.96. The van der Waals surface area contributed by atoms with Gasteiger partial charge in [-0.05, 0) is 57.9 Å². The lowest BCUT2D eigenvalue weighted by Gasteiger charge is -2.42. The zero-order valence-corrected chi connectivity index (χ0v) is 18.0. The molecule has 10 heteroatoms. The summed E-state index contributed by atoms with van der Waals surface area (Å²) in [5.41, 5.74) is 3.54. The molecule has 1 aliphatic heterocycles. The normalized spacial score (nSPS) is 24.3. The van der Waals surface area contributed by atoms with Crippen LogP contribution in [0.3, 0.4) is 0 Å². The third-order valence-electron chi connectivity index (χ3n) is 5.63. The van der Waals surface area contributed by atoms with Gasteiger partial charge in [-0.1, -0.05) is 11.6 Å². The van der Waals surface area contributed by atoms with Crippen LogP contribution in [0.4, 0.5) is 4.79 Å². The number of pyridine rings is 1. The van der Waals surface area contributed by atoms with Crippen LogP contribution in [0, 0.1) is 12.8 Å². The van der Waals surface area contributed by atoms with Crippen LogP contribution in [0.2, 0.25) is 5.02 Å². The van der Waals surface area contributed by atoms with Crippen LogP contribution >= 0.6 is 11.6 Å². The number of amides is 3. The molecule has 0 aromatic carbocycles. The third kappa shape index (κ3) is 4.72. The molecule has 30 heavy (non-hydrogen) atoms. The largest absolute Gasteiger partial charge is 0.435 e. The second kappa shape index (κ2) is 8.99. The molecule has 1 aromatic heterocycles. The summed E-state index contributed by atoms with van der Waals surface area (Å²) in [7, 11) is 1.42. The quantitative estimate of drug-likeness (QED) is 0.625. The van der Waals surface area contributed by atoms with Gasteiger partial charge in [0.1, 0.15) is 5.71 Å². The molecule has 162 valence electrons. The van der Waals surface area contributed by atoms with Crippen LogP contribution in [0.15, 0.2) is 17.4 Å². The minimum Gasteiger partial charge on any atom is -0.435 e. The van der Waals surface area contributed by atoms with E-state index in [4.69, 9.17) is 16.3 Å². The van der Waals surface area contributed by atoms with E-state index in [1.807, 2.05) is 13.8 Å². The van der Waals surface area contributed by atoms with Crippen molar-refractivity contribution in [3.05, 3.63) is 28.5 Å². The number of hydrazone groups is 1. The number of aryl methyl sites for hydroxylation is 1. The van der Waals surface area contributed by atoms with Gasteiger partial charge in [-0.2, -0.15) is 5.10 Å². The van der Waals surface area contributed by atoms with Gasteiger partial charge in [-0.3, -0.25) is 14.6 Å². The zero-order valence-electron chi connectivity index (χ0n) is 17.3. The molecule has 1 saturated carbocycles. The maximum absolute atomic E-state index is 12.0. The Bertz CT molecular complexity index is 880. The molecular formula is C20H26ClN5O4. The maximum atomic E-state index is 12.0. The average Bonchev–Trinajstić information content (AvgIpc) is 2.70. The fourth-order valence-corrected chi connectivity index (χ4v) is 4.43. The highest BCUT2D eigenvalue weighted by Crippen LogP contribution is 2.41. The molecule has 1 aromatic rings. The van der Waals surface area contributed by atoms with Crippen molar-refractivity contribution in [2.24, 2.45) is 11.0 Å². The average molecular weight is 436 g/mol. The van der Waals surface area contributed by atoms with Crippen LogP contribution in [0.5, 0.6) is 0 Å². The van der Waals surface area contributed by atoms with Crippen molar-refractivity contribution < 1.29 is 19.1 Å². The van der Waals surface area contributed by atoms with Gasteiger partial charge in [0.2, 0.25) is 0 Å². The molecule has 0 bridgehead atoms. The van der Waals surface area contributed by atoms with Crippen LogP contribution in [-0.4, -0.2) is 47.3 Å². The number of ether oxygens (including phenoxy) is 1. The number of nitrogens with zero attached hydrogens (tertiary/aromatic N) is 2. The summed E-state index contributed by atoms with van der Waals surface area (Å²) in [5.74, 6) is -0.979. The Morgan fingerprint density at radius 1 is 1.37 bits per heavy atom. The minimum absolute atomic E-state index is 0.145. The lowest BCUT2D eigenvalue weighted by molar-refractivity contribution is -0.139. The van der Waals surface area contributed by atoms with E-state index in [0.29, 0.717) is 35.1 Å². The molecule has 3 N–H and O–H groups in total. The van der Waals surface area contributed by atoms with E-state index >= 15 is 0 Å². The summed E-state index contributed by atoms with van der Waals surface area (Å²) in [6, 6.07) is 1.61. The fourth-order valence-electron chi connectivity index (χ4n) is 4.14. The number of carbonyl (C=O) groups excluding carboxylic acids is 3. The number of nitrogens with one attached hydrogen (secondary N) is 3. The van der Waals surface area contributed by atoms with E-state index in [1.54, 1.807) is 12.3 Å². The number of likely N-dealkylation sites (N-methyl/N-ethyl adjacent to an activating group) is 1. The molecule has 2 aliphatic rings. The lowest BCUT2D eigenvalue weighted by Crippen LogP contribution is -2.52. The SMILES string of the molecule is CNC(=O)C(=O)N[C@@H](C)CC1CCC2(CC1)OC(=O)NN=C2c1cnc(C)cc1Cl. The predicted molar refractivity (Wildman–Crippen MR) is 111 cm³/mol. The topological polar surface area (TPSA) is 122 Å². The minimum atomic E-state index is -0.853. The predicted octanol–water partition coefficient (Wildman–Crippen LogP) is 2.06. The van der Waals surface area contributed by atoms with Crippen LogP contribution < -0.4 is 16.1 Å². The van der Waals surface area contributed by atoms with Crippen molar-refractivity contribution in [1.82, 2.24) is 21.0 Å². The monoisotopic (exact) mass is 435 g/mol. The summed E-state index contributed by atoms with van der Waals surface area (Å²) in [4.78, 5) is 39.4. The van der Waals surface area contributed by atoms with Gasteiger partial charge < -0.3 is 15.4 Å². The molecule has 1 atom stereocenters. The summed E-state index contributed by atoms with van der Waals surface area (Å²) >= 11 is 6.42. The Balaban J connectivity index is 1.69.